The summed E-state index contributed by atoms with van der Waals surface area (Å²) in [7, 11) is 0. The molecular weight excluding hydrogens is 659 g/mol. The third-order valence-electron chi connectivity index (χ3n) is 11.6. The molecule has 0 spiro atoms. The molecule has 0 amide bonds. The molecule has 0 saturated carbocycles. The number of ether oxygens (including phenoxy) is 2. The summed E-state index contributed by atoms with van der Waals surface area (Å²) >= 11 is 0. The predicted octanol–water partition coefficient (Wildman–Crippen LogP) is 11.1. The van der Waals surface area contributed by atoms with E-state index in [9.17, 15) is 0 Å². The van der Waals surface area contributed by atoms with Gasteiger partial charge in [0, 0.05) is 34.9 Å². The topological polar surface area (TPSA) is 24.9 Å². The highest BCUT2D eigenvalue weighted by Gasteiger charge is 2.45. The maximum atomic E-state index is 6.60. The summed E-state index contributed by atoms with van der Waals surface area (Å²) in [6.07, 6.45) is 0.854. The van der Waals surface area contributed by atoms with Gasteiger partial charge in [-0.3, -0.25) is 0 Å². The number of nitrogens with zero attached hydrogens (tertiary/aromatic N) is 2. The van der Waals surface area contributed by atoms with Crippen LogP contribution in [0.1, 0.15) is 112 Å². The fraction of sp³-hybridized carbons (Fsp3) is 0.388. The van der Waals surface area contributed by atoms with Crippen LogP contribution in [0.4, 0.5) is 34.1 Å². The number of benzene rings is 5. The van der Waals surface area contributed by atoms with E-state index in [2.05, 4.69) is 184 Å². The van der Waals surface area contributed by atoms with Crippen LogP contribution in [0.2, 0.25) is 0 Å². The average Bonchev–Trinajstić information content (AvgIpc) is 3.35. The molecule has 0 atom stereocenters. The zero-order chi connectivity index (χ0) is 38.5. The summed E-state index contributed by atoms with van der Waals surface area (Å²) in [5.41, 5.74) is 16.3. The highest BCUT2D eigenvalue weighted by atomic mass is 16.5. The minimum atomic E-state index is -0.103. The second-order valence-corrected chi connectivity index (χ2v) is 19.8. The molecule has 5 heteroatoms. The van der Waals surface area contributed by atoms with Crippen LogP contribution >= 0.6 is 0 Å². The first-order valence-electron chi connectivity index (χ1n) is 19.9. The molecule has 54 heavy (non-hydrogen) atoms. The molecule has 4 nitrogen and oxygen atoms in total. The van der Waals surface area contributed by atoms with Gasteiger partial charge in [-0.05, 0) is 109 Å². The van der Waals surface area contributed by atoms with Crippen molar-refractivity contribution in [2.75, 3.05) is 23.0 Å². The maximum absolute atomic E-state index is 6.60. The van der Waals surface area contributed by atoms with Crippen LogP contribution in [0.3, 0.4) is 0 Å². The molecule has 0 saturated heterocycles. The zero-order valence-electron chi connectivity index (χ0n) is 34.6. The molecule has 3 heterocycles. The van der Waals surface area contributed by atoms with Crippen molar-refractivity contribution in [2.24, 2.45) is 0 Å². The molecular formula is C49H57BN2O2. The Morgan fingerprint density at radius 2 is 0.963 bits per heavy atom. The Balaban J connectivity index is 1.51. The number of anilines is 6. The van der Waals surface area contributed by atoms with Gasteiger partial charge in [-0.15, -0.1) is 0 Å². The molecule has 0 aliphatic carbocycles. The summed E-state index contributed by atoms with van der Waals surface area (Å²) in [5, 5.41) is 0. The van der Waals surface area contributed by atoms with Gasteiger partial charge in [-0.1, -0.05) is 126 Å². The summed E-state index contributed by atoms with van der Waals surface area (Å²) in [4.78, 5) is 5.03. The Morgan fingerprint density at radius 3 is 1.52 bits per heavy atom. The lowest BCUT2D eigenvalue weighted by molar-refractivity contribution is 0.297. The van der Waals surface area contributed by atoms with Crippen molar-refractivity contribution in [3.63, 3.8) is 0 Å². The summed E-state index contributed by atoms with van der Waals surface area (Å²) in [6.45, 7) is 29.1. The third-order valence-corrected chi connectivity index (χ3v) is 11.6. The van der Waals surface area contributed by atoms with Crippen LogP contribution in [0.15, 0.2) is 91.0 Å². The molecule has 3 aliphatic rings. The van der Waals surface area contributed by atoms with Crippen LogP contribution in [-0.4, -0.2) is 19.9 Å². The lowest BCUT2D eigenvalue weighted by atomic mass is 9.33. The van der Waals surface area contributed by atoms with E-state index >= 15 is 0 Å². The minimum absolute atomic E-state index is 0.0108. The van der Waals surface area contributed by atoms with Gasteiger partial charge in [0.05, 0.1) is 18.9 Å². The molecule has 5 aromatic rings. The van der Waals surface area contributed by atoms with Crippen molar-refractivity contribution >= 4 is 57.2 Å². The number of hydrogen-bond donors (Lipinski definition) is 0. The second kappa shape index (κ2) is 12.4. The SMILES string of the molecule is CC(C)(C)c1ccc(N2c3ccc(C(C)(C)C)cc3B3c4cc(C(C)(C)C)ccc4N(c4cccc5c4OCCCO5)c4cc(C(C)(C)C)cc2c43)cc1. The monoisotopic (exact) mass is 716 g/mol. The van der Waals surface area contributed by atoms with Gasteiger partial charge in [0.25, 0.3) is 6.71 Å². The van der Waals surface area contributed by atoms with Crippen LogP contribution in [-0.2, 0) is 21.7 Å². The first-order valence-corrected chi connectivity index (χ1v) is 19.9. The van der Waals surface area contributed by atoms with E-state index in [-0.39, 0.29) is 28.4 Å². The van der Waals surface area contributed by atoms with Gasteiger partial charge >= 0.3 is 0 Å². The quantitative estimate of drug-likeness (QED) is 0.166. The fourth-order valence-corrected chi connectivity index (χ4v) is 8.37. The number of para-hydroxylation sites is 1. The number of fused-ring (bicyclic) bond motifs is 5. The lowest BCUT2D eigenvalue weighted by Crippen LogP contribution is -2.61. The standard InChI is InChI=1S/C49H57BN2O2/c1-46(2,3)31-17-21-35(22-18-31)51-38-23-19-32(47(4,5)6)27-36(38)50-37-28-33(48(7,8)9)20-24-39(37)52(40-15-13-16-43-45(40)54-26-14-25-53-43)42-30-34(49(10,11)12)29-41(51)44(42)50/h13,15-24,27-30H,14,25-26H2,1-12H3. The van der Waals surface area contributed by atoms with Crippen LogP contribution in [0.25, 0.3) is 0 Å². The largest absolute Gasteiger partial charge is 0.489 e. The summed E-state index contributed by atoms with van der Waals surface area (Å²) in [5.74, 6) is 1.62. The van der Waals surface area contributed by atoms with Crippen LogP contribution in [0.5, 0.6) is 11.5 Å². The number of hydrogen-bond acceptors (Lipinski definition) is 4. The van der Waals surface area contributed by atoms with E-state index in [0.29, 0.717) is 13.2 Å². The van der Waals surface area contributed by atoms with E-state index < -0.39 is 0 Å². The van der Waals surface area contributed by atoms with Crippen molar-refractivity contribution in [3.05, 3.63) is 113 Å². The molecule has 0 bridgehead atoms. The van der Waals surface area contributed by atoms with Crippen molar-refractivity contribution in [1.29, 1.82) is 0 Å². The fourth-order valence-electron chi connectivity index (χ4n) is 8.37. The highest BCUT2D eigenvalue weighted by Crippen LogP contribution is 2.50. The van der Waals surface area contributed by atoms with E-state index in [0.717, 1.165) is 23.6 Å². The Morgan fingerprint density at radius 1 is 0.463 bits per heavy atom. The Hall–Kier alpha value is -4.64. The minimum Gasteiger partial charge on any atom is -0.489 e. The van der Waals surface area contributed by atoms with Gasteiger partial charge in [-0.2, -0.15) is 0 Å². The van der Waals surface area contributed by atoms with Gasteiger partial charge < -0.3 is 19.3 Å². The van der Waals surface area contributed by atoms with E-state index in [4.69, 9.17) is 9.47 Å². The van der Waals surface area contributed by atoms with Gasteiger partial charge in [0.1, 0.15) is 0 Å². The molecule has 0 unspecified atom stereocenters. The Bertz CT molecular complexity index is 2260. The van der Waals surface area contributed by atoms with Crippen molar-refractivity contribution in [3.8, 4) is 11.5 Å². The lowest BCUT2D eigenvalue weighted by Gasteiger charge is -2.46. The van der Waals surface area contributed by atoms with Gasteiger partial charge in [-0.25, -0.2) is 0 Å². The van der Waals surface area contributed by atoms with E-state index in [1.807, 2.05) is 0 Å². The van der Waals surface area contributed by atoms with E-state index in [1.54, 1.807) is 0 Å². The predicted molar refractivity (Wildman–Crippen MR) is 231 cm³/mol. The molecule has 0 fully saturated rings. The zero-order valence-corrected chi connectivity index (χ0v) is 34.6. The van der Waals surface area contributed by atoms with Gasteiger partial charge in [0.15, 0.2) is 11.5 Å². The third kappa shape index (κ3) is 6.08. The van der Waals surface area contributed by atoms with Gasteiger partial charge in [0.2, 0.25) is 0 Å². The smallest absolute Gasteiger partial charge is 0.252 e. The molecule has 278 valence electrons. The second-order valence-electron chi connectivity index (χ2n) is 19.8. The molecule has 8 rings (SSSR count). The van der Waals surface area contributed by atoms with Crippen molar-refractivity contribution < 1.29 is 9.47 Å². The molecule has 0 N–H and O–H groups in total. The highest BCUT2D eigenvalue weighted by molar-refractivity contribution is 7.00. The van der Waals surface area contributed by atoms with Crippen LogP contribution < -0.4 is 35.7 Å². The molecule has 0 aromatic heterocycles. The molecule has 3 aliphatic heterocycles. The first-order chi connectivity index (χ1) is 25.3. The molecule has 5 aromatic carbocycles. The average molecular weight is 717 g/mol. The summed E-state index contributed by atoms with van der Waals surface area (Å²) in [6, 6.07) is 35.1. The Labute approximate surface area is 324 Å². The van der Waals surface area contributed by atoms with E-state index in [1.165, 1.54) is 67.1 Å². The number of rotatable bonds is 2. The first kappa shape index (κ1) is 36.3. The van der Waals surface area contributed by atoms with Crippen molar-refractivity contribution in [1.82, 2.24) is 0 Å². The Kier molecular flexibility index (Phi) is 8.38. The molecule has 0 radical (unpaired) electrons. The normalized spacial score (nSPS) is 15.4. The van der Waals surface area contributed by atoms with Crippen LogP contribution in [0, 0.1) is 0 Å². The summed E-state index contributed by atoms with van der Waals surface area (Å²) < 4.78 is 12.9. The maximum Gasteiger partial charge on any atom is 0.252 e. The van der Waals surface area contributed by atoms with Crippen molar-refractivity contribution in [2.45, 2.75) is 111 Å².